The van der Waals surface area contributed by atoms with Gasteiger partial charge >= 0.3 is 6.36 Å². The Kier molecular flexibility index (Phi) is 6.70. The van der Waals surface area contributed by atoms with Crippen LogP contribution < -0.4 is 14.2 Å². The maximum absolute atomic E-state index is 12.3. The average molecular weight is 496 g/mol. The molecular weight excluding hydrogens is 479 g/mol. The maximum Gasteiger partial charge on any atom is 0.573 e. The molecule has 0 aliphatic rings. The van der Waals surface area contributed by atoms with Crippen molar-refractivity contribution in [3.05, 3.63) is 53.5 Å². The quantitative estimate of drug-likeness (QED) is 0.316. The van der Waals surface area contributed by atoms with Crippen molar-refractivity contribution in [3.8, 4) is 33.5 Å². The summed E-state index contributed by atoms with van der Waals surface area (Å²) >= 11 is 2.82. The Bertz CT molecular complexity index is 1230. The van der Waals surface area contributed by atoms with Crippen molar-refractivity contribution in [3.63, 3.8) is 0 Å². The summed E-state index contributed by atoms with van der Waals surface area (Å²) < 4.78 is 53.2. The third-order valence-electron chi connectivity index (χ3n) is 4.29. The molecule has 0 saturated carbocycles. The van der Waals surface area contributed by atoms with E-state index in [1.54, 1.807) is 14.2 Å². The fourth-order valence-corrected chi connectivity index (χ4v) is 4.64. The number of alkyl halides is 3. The van der Waals surface area contributed by atoms with Crippen LogP contribution in [-0.4, -0.2) is 45.8 Å². The van der Waals surface area contributed by atoms with Crippen LogP contribution in [0.1, 0.15) is 5.69 Å². The summed E-state index contributed by atoms with van der Waals surface area (Å²) in [6, 6.07) is 10.9. The molecule has 0 atom stereocenters. The lowest BCUT2D eigenvalue weighted by Gasteiger charge is -2.10. The van der Waals surface area contributed by atoms with E-state index in [4.69, 9.17) is 9.47 Å². The molecule has 0 amide bonds. The lowest BCUT2D eigenvalue weighted by Crippen LogP contribution is -2.17. The standard InChI is InChI=1S/C20H16F3N5O3S2/c1-29-16-5-3-4-15(17(16)30-2)18-24-12(10-32-18)11-33-19-25-26-27-28(19)13-6-8-14(9-7-13)31-20(21,22)23/h3-10H,11H2,1-2H3. The third kappa shape index (κ3) is 5.37. The van der Waals surface area contributed by atoms with Gasteiger partial charge in [-0.2, -0.15) is 4.68 Å². The van der Waals surface area contributed by atoms with E-state index >= 15 is 0 Å². The number of hydrogen-bond acceptors (Lipinski definition) is 9. The number of thioether (sulfide) groups is 1. The number of tetrazole rings is 1. The third-order valence-corrected chi connectivity index (χ3v) is 6.17. The number of halogens is 3. The van der Waals surface area contributed by atoms with Crippen LogP contribution in [0.2, 0.25) is 0 Å². The number of nitrogens with zero attached hydrogens (tertiary/aromatic N) is 5. The zero-order chi connectivity index (χ0) is 23.4. The minimum Gasteiger partial charge on any atom is -0.493 e. The second-order valence-electron chi connectivity index (χ2n) is 6.39. The van der Waals surface area contributed by atoms with Crippen molar-refractivity contribution in [2.75, 3.05) is 14.2 Å². The predicted molar refractivity (Wildman–Crippen MR) is 116 cm³/mol. The van der Waals surface area contributed by atoms with Gasteiger partial charge in [0.25, 0.3) is 0 Å². The van der Waals surface area contributed by atoms with E-state index in [0.29, 0.717) is 28.1 Å². The highest BCUT2D eigenvalue weighted by Crippen LogP contribution is 2.39. The summed E-state index contributed by atoms with van der Waals surface area (Å²) in [7, 11) is 3.15. The number of hydrogen-bond donors (Lipinski definition) is 0. The summed E-state index contributed by atoms with van der Waals surface area (Å²) in [5.74, 6) is 1.39. The zero-order valence-corrected chi connectivity index (χ0v) is 18.9. The van der Waals surface area contributed by atoms with Crippen LogP contribution in [0.4, 0.5) is 13.2 Å². The zero-order valence-electron chi connectivity index (χ0n) is 17.2. The molecule has 2 heterocycles. The van der Waals surface area contributed by atoms with E-state index < -0.39 is 6.36 Å². The van der Waals surface area contributed by atoms with Crippen molar-refractivity contribution in [1.82, 2.24) is 25.2 Å². The van der Waals surface area contributed by atoms with Crippen molar-refractivity contribution in [2.24, 2.45) is 0 Å². The number of ether oxygens (including phenoxy) is 3. The molecule has 8 nitrogen and oxygen atoms in total. The molecule has 0 spiro atoms. The van der Waals surface area contributed by atoms with Crippen LogP contribution in [0.15, 0.2) is 53.0 Å². The molecule has 0 aliphatic carbocycles. The number of para-hydroxylation sites is 1. The Morgan fingerprint density at radius 1 is 1.06 bits per heavy atom. The van der Waals surface area contributed by atoms with E-state index in [-0.39, 0.29) is 5.75 Å². The lowest BCUT2D eigenvalue weighted by molar-refractivity contribution is -0.274. The van der Waals surface area contributed by atoms with E-state index in [2.05, 4.69) is 25.2 Å². The van der Waals surface area contributed by atoms with Gasteiger partial charge in [0.15, 0.2) is 11.5 Å². The molecule has 0 bridgehead atoms. The summed E-state index contributed by atoms with van der Waals surface area (Å²) in [5.41, 5.74) is 2.13. The van der Waals surface area contributed by atoms with Crippen LogP contribution in [0, 0.1) is 0 Å². The van der Waals surface area contributed by atoms with Crippen LogP contribution >= 0.6 is 23.1 Å². The molecule has 0 radical (unpaired) electrons. The molecule has 2 aromatic heterocycles. The van der Waals surface area contributed by atoms with Gasteiger partial charge < -0.3 is 14.2 Å². The summed E-state index contributed by atoms with van der Waals surface area (Å²) in [6.07, 6.45) is -4.75. The van der Waals surface area contributed by atoms with E-state index in [1.807, 2.05) is 23.6 Å². The van der Waals surface area contributed by atoms with Crippen molar-refractivity contribution in [1.29, 1.82) is 0 Å². The molecule has 4 rings (SSSR count). The second-order valence-corrected chi connectivity index (χ2v) is 8.19. The van der Waals surface area contributed by atoms with Crippen LogP contribution in [0.25, 0.3) is 16.3 Å². The first-order valence-corrected chi connectivity index (χ1v) is 11.2. The normalized spacial score (nSPS) is 11.4. The van der Waals surface area contributed by atoms with Crippen molar-refractivity contribution >= 4 is 23.1 Å². The highest BCUT2D eigenvalue weighted by Gasteiger charge is 2.31. The van der Waals surface area contributed by atoms with Gasteiger partial charge in [-0.1, -0.05) is 17.8 Å². The lowest BCUT2D eigenvalue weighted by atomic mass is 10.2. The molecule has 0 fully saturated rings. The number of aromatic nitrogens is 5. The van der Waals surface area contributed by atoms with E-state index in [0.717, 1.165) is 16.3 Å². The average Bonchev–Trinajstić information content (AvgIpc) is 3.46. The van der Waals surface area contributed by atoms with Gasteiger partial charge in [0.2, 0.25) is 5.16 Å². The first-order valence-electron chi connectivity index (χ1n) is 9.31. The van der Waals surface area contributed by atoms with Gasteiger partial charge in [0.1, 0.15) is 10.8 Å². The summed E-state index contributed by atoms with van der Waals surface area (Å²) in [5, 5.41) is 14.8. The minimum atomic E-state index is -4.75. The SMILES string of the molecule is COc1cccc(-c2nc(CSc3nnnn3-c3ccc(OC(F)(F)F)cc3)cs2)c1OC. The van der Waals surface area contributed by atoms with E-state index in [9.17, 15) is 13.2 Å². The Morgan fingerprint density at radius 3 is 2.55 bits per heavy atom. The molecule has 0 N–H and O–H groups in total. The second kappa shape index (κ2) is 9.67. The Hall–Kier alpha value is -3.32. The minimum absolute atomic E-state index is 0.323. The molecule has 4 aromatic rings. The molecule has 0 unspecified atom stereocenters. The molecular formula is C20H16F3N5O3S2. The van der Waals surface area contributed by atoms with Crippen LogP contribution in [0.3, 0.4) is 0 Å². The Morgan fingerprint density at radius 2 is 1.85 bits per heavy atom. The van der Waals surface area contributed by atoms with Crippen LogP contribution in [0.5, 0.6) is 17.2 Å². The number of methoxy groups -OCH3 is 2. The molecule has 33 heavy (non-hydrogen) atoms. The summed E-state index contributed by atoms with van der Waals surface area (Å²) in [6.45, 7) is 0. The van der Waals surface area contributed by atoms with Crippen molar-refractivity contribution in [2.45, 2.75) is 17.3 Å². The van der Waals surface area contributed by atoms with Gasteiger partial charge in [0, 0.05) is 11.1 Å². The highest BCUT2D eigenvalue weighted by atomic mass is 32.2. The topological polar surface area (TPSA) is 84.2 Å². The van der Waals surface area contributed by atoms with Gasteiger partial charge in [-0.3, -0.25) is 0 Å². The molecule has 13 heteroatoms. The fraction of sp³-hybridized carbons (Fsp3) is 0.200. The fourth-order valence-electron chi connectivity index (χ4n) is 2.91. The summed E-state index contributed by atoms with van der Waals surface area (Å²) in [4.78, 5) is 4.67. The Labute approximate surface area is 194 Å². The first kappa shape index (κ1) is 22.9. The Balaban J connectivity index is 1.47. The number of thiazole rings is 1. The smallest absolute Gasteiger partial charge is 0.493 e. The van der Waals surface area contributed by atoms with Gasteiger partial charge in [-0.05, 0) is 46.8 Å². The molecule has 0 saturated heterocycles. The molecule has 172 valence electrons. The van der Waals surface area contributed by atoms with Crippen molar-refractivity contribution < 1.29 is 27.4 Å². The maximum atomic E-state index is 12.3. The van der Waals surface area contributed by atoms with Crippen LogP contribution in [-0.2, 0) is 5.75 Å². The largest absolute Gasteiger partial charge is 0.573 e. The molecule has 2 aromatic carbocycles. The van der Waals surface area contributed by atoms with Gasteiger partial charge in [0.05, 0.1) is 31.2 Å². The van der Waals surface area contributed by atoms with Gasteiger partial charge in [-0.15, -0.1) is 29.6 Å². The predicted octanol–water partition coefficient (Wildman–Crippen LogP) is 4.99. The first-order chi connectivity index (χ1) is 15.9. The van der Waals surface area contributed by atoms with Gasteiger partial charge in [-0.25, -0.2) is 4.98 Å². The molecule has 0 aliphatic heterocycles. The van der Waals surface area contributed by atoms with E-state index in [1.165, 1.54) is 52.0 Å². The number of benzene rings is 2. The highest BCUT2D eigenvalue weighted by molar-refractivity contribution is 7.98. The number of rotatable bonds is 8. The monoisotopic (exact) mass is 495 g/mol.